The van der Waals surface area contributed by atoms with Crippen LogP contribution in [-0.4, -0.2) is 29.3 Å². The average Bonchev–Trinajstić information content (AvgIpc) is 2.48. The van der Waals surface area contributed by atoms with Crippen LogP contribution in [0.4, 0.5) is 0 Å². The smallest absolute Gasteiger partial charge is 0.140 e. The second-order valence-electron chi connectivity index (χ2n) is 4.81. The van der Waals surface area contributed by atoms with Gasteiger partial charge in [-0.05, 0) is 12.1 Å². The van der Waals surface area contributed by atoms with E-state index in [4.69, 9.17) is 27.4 Å². The van der Waals surface area contributed by atoms with Gasteiger partial charge in [-0.1, -0.05) is 24.4 Å². The van der Waals surface area contributed by atoms with Gasteiger partial charge in [0.25, 0.3) is 0 Å². The highest BCUT2D eigenvalue weighted by atomic mass is 32.1. The van der Waals surface area contributed by atoms with Crippen LogP contribution >= 0.6 is 12.2 Å². The van der Waals surface area contributed by atoms with Crippen LogP contribution in [0.1, 0.15) is 18.4 Å². The Morgan fingerprint density at radius 3 is 2.80 bits per heavy atom. The lowest BCUT2D eigenvalue weighted by Crippen LogP contribution is -2.27. The molecule has 0 radical (unpaired) electrons. The van der Waals surface area contributed by atoms with Crippen molar-refractivity contribution in [3.8, 4) is 5.75 Å². The van der Waals surface area contributed by atoms with Crippen molar-refractivity contribution in [3.63, 3.8) is 0 Å². The first kappa shape index (κ1) is 13.3. The zero-order valence-corrected chi connectivity index (χ0v) is 11.9. The quantitative estimate of drug-likeness (QED) is 0.879. The zero-order chi connectivity index (χ0) is 13.9. The summed E-state index contributed by atoms with van der Waals surface area (Å²) in [5.41, 5.74) is 7.38. The number of fused-ring (bicyclic) bond motifs is 1. The third-order valence-corrected chi connectivity index (χ3v) is 3.66. The molecule has 20 heavy (non-hydrogen) atoms. The molecule has 1 aromatic carbocycles. The zero-order valence-electron chi connectivity index (χ0n) is 11.0. The summed E-state index contributed by atoms with van der Waals surface area (Å²) in [6.45, 7) is 1.46. The second kappa shape index (κ2) is 5.73. The maximum absolute atomic E-state index is 6.17. The molecule has 0 saturated carbocycles. The summed E-state index contributed by atoms with van der Waals surface area (Å²) < 4.78 is 11.5. The van der Waals surface area contributed by atoms with Crippen LogP contribution in [0.5, 0.6) is 5.75 Å². The summed E-state index contributed by atoms with van der Waals surface area (Å²) in [6, 6.07) is 7.85. The number of nitrogens with zero attached hydrogens (tertiary/aromatic N) is 1. The summed E-state index contributed by atoms with van der Waals surface area (Å²) in [7, 11) is 0. The lowest BCUT2D eigenvalue weighted by molar-refractivity contribution is 0.0261. The molecule has 0 aliphatic carbocycles. The van der Waals surface area contributed by atoms with E-state index in [-0.39, 0.29) is 6.10 Å². The van der Waals surface area contributed by atoms with E-state index in [1.807, 2.05) is 24.3 Å². The molecule has 4 nitrogen and oxygen atoms in total. The minimum Gasteiger partial charge on any atom is -0.489 e. The lowest BCUT2D eigenvalue weighted by Gasteiger charge is -2.25. The number of nitrogens with two attached hydrogens (primary N) is 1. The van der Waals surface area contributed by atoms with Gasteiger partial charge in [0.15, 0.2) is 0 Å². The van der Waals surface area contributed by atoms with E-state index in [1.165, 1.54) is 0 Å². The van der Waals surface area contributed by atoms with Crippen LogP contribution in [0.2, 0.25) is 0 Å². The fourth-order valence-corrected chi connectivity index (χ4v) is 2.52. The molecule has 0 atom stereocenters. The van der Waals surface area contributed by atoms with Gasteiger partial charge >= 0.3 is 0 Å². The Morgan fingerprint density at radius 2 is 2.05 bits per heavy atom. The number of hydrogen-bond donors (Lipinski definition) is 1. The molecule has 0 bridgehead atoms. The highest BCUT2D eigenvalue weighted by Crippen LogP contribution is 2.30. The van der Waals surface area contributed by atoms with Crippen molar-refractivity contribution in [3.05, 3.63) is 36.0 Å². The molecule has 1 aliphatic heterocycles. The van der Waals surface area contributed by atoms with Crippen LogP contribution in [0.15, 0.2) is 30.5 Å². The Kier molecular flexibility index (Phi) is 3.80. The molecule has 1 fully saturated rings. The summed E-state index contributed by atoms with van der Waals surface area (Å²) in [5.74, 6) is 0.745. The third-order valence-electron chi connectivity index (χ3n) is 3.44. The third kappa shape index (κ3) is 2.59. The fourth-order valence-electron chi connectivity index (χ4n) is 2.38. The van der Waals surface area contributed by atoms with Gasteiger partial charge in [-0.25, -0.2) is 0 Å². The van der Waals surface area contributed by atoms with Crippen LogP contribution in [0.25, 0.3) is 10.9 Å². The number of para-hydroxylation sites is 1. The van der Waals surface area contributed by atoms with Gasteiger partial charge in [-0.3, -0.25) is 4.98 Å². The predicted molar refractivity (Wildman–Crippen MR) is 82.1 cm³/mol. The Bertz CT molecular complexity index is 639. The van der Waals surface area contributed by atoms with Crippen molar-refractivity contribution in [2.75, 3.05) is 13.2 Å². The highest BCUT2D eigenvalue weighted by molar-refractivity contribution is 7.80. The molecule has 2 heterocycles. The molecule has 104 valence electrons. The summed E-state index contributed by atoms with van der Waals surface area (Å²) >= 11 is 5.11. The first-order valence-corrected chi connectivity index (χ1v) is 7.08. The van der Waals surface area contributed by atoms with Crippen LogP contribution in [0.3, 0.4) is 0 Å². The lowest BCUT2D eigenvalue weighted by atomic mass is 10.1. The van der Waals surface area contributed by atoms with E-state index in [0.717, 1.165) is 42.7 Å². The monoisotopic (exact) mass is 288 g/mol. The van der Waals surface area contributed by atoms with Gasteiger partial charge in [0, 0.05) is 24.4 Å². The van der Waals surface area contributed by atoms with Gasteiger partial charge in [-0.2, -0.15) is 0 Å². The van der Waals surface area contributed by atoms with E-state index in [2.05, 4.69) is 4.98 Å². The van der Waals surface area contributed by atoms with Crippen molar-refractivity contribution in [2.24, 2.45) is 5.73 Å². The molecule has 3 rings (SSSR count). The molecule has 2 N–H and O–H groups in total. The SMILES string of the molecule is NC(=S)c1cnc2ccccc2c1OC1CCOCC1. The summed E-state index contributed by atoms with van der Waals surface area (Å²) in [5, 5.41) is 0.948. The molecule has 0 spiro atoms. The topological polar surface area (TPSA) is 57.4 Å². The largest absolute Gasteiger partial charge is 0.489 e. The maximum Gasteiger partial charge on any atom is 0.140 e. The van der Waals surface area contributed by atoms with Crippen molar-refractivity contribution in [2.45, 2.75) is 18.9 Å². The number of thiocarbonyl (C=S) groups is 1. The predicted octanol–water partition coefficient (Wildman–Crippen LogP) is 2.43. The Morgan fingerprint density at radius 1 is 1.30 bits per heavy atom. The Hall–Kier alpha value is -1.72. The summed E-state index contributed by atoms with van der Waals surface area (Å²) in [4.78, 5) is 4.69. The van der Waals surface area contributed by atoms with Gasteiger partial charge in [0.2, 0.25) is 0 Å². The molecule has 1 aromatic heterocycles. The van der Waals surface area contributed by atoms with Crippen molar-refractivity contribution in [1.82, 2.24) is 4.98 Å². The normalized spacial score (nSPS) is 16.2. The van der Waals surface area contributed by atoms with E-state index in [1.54, 1.807) is 6.20 Å². The average molecular weight is 288 g/mol. The molecule has 1 aliphatic rings. The molecule has 2 aromatic rings. The standard InChI is InChI=1S/C15H16N2O2S/c16-15(20)12-9-17-13-4-2-1-3-11(13)14(12)19-10-5-7-18-8-6-10/h1-4,9-10H,5-8H2,(H2,16,20). The fraction of sp³-hybridized carbons (Fsp3) is 0.333. The van der Waals surface area contributed by atoms with Gasteiger partial charge in [0.1, 0.15) is 16.8 Å². The van der Waals surface area contributed by atoms with Crippen molar-refractivity contribution < 1.29 is 9.47 Å². The van der Waals surface area contributed by atoms with Crippen LogP contribution in [0, 0.1) is 0 Å². The number of ether oxygens (including phenoxy) is 2. The number of rotatable bonds is 3. The van der Waals surface area contributed by atoms with E-state index in [9.17, 15) is 0 Å². The first-order valence-electron chi connectivity index (χ1n) is 6.67. The number of benzene rings is 1. The maximum atomic E-state index is 6.17. The first-order chi connectivity index (χ1) is 9.75. The van der Waals surface area contributed by atoms with Crippen molar-refractivity contribution >= 4 is 28.1 Å². The van der Waals surface area contributed by atoms with Crippen LogP contribution in [-0.2, 0) is 4.74 Å². The molecule has 0 amide bonds. The van der Waals surface area contributed by atoms with E-state index in [0.29, 0.717) is 10.6 Å². The summed E-state index contributed by atoms with van der Waals surface area (Å²) in [6.07, 6.45) is 3.60. The molecular weight excluding hydrogens is 272 g/mol. The molecule has 0 unspecified atom stereocenters. The minimum absolute atomic E-state index is 0.141. The highest BCUT2D eigenvalue weighted by Gasteiger charge is 2.19. The second-order valence-corrected chi connectivity index (χ2v) is 5.25. The van der Waals surface area contributed by atoms with Gasteiger partial charge in [0.05, 0.1) is 24.3 Å². The number of hydrogen-bond acceptors (Lipinski definition) is 4. The minimum atomic E-state index is 0.141. The van der Waals surface area contributed by atoms with E-state index >= 15 is 0 Å². The molecular formula is C15H16N2O2S. The Labute approximate surface area is 122 Å². The molecule has 1 saturated heterocycles. The van der Waals surface area contributed by atoms with Gasteiger partial charge < -0.3 is 15.2 Å². The van der Waals surface area contributed by atoms with Crippen LogP contribution < -0.4 is 10.5 Å². The Balaban J connectivity index is 2.04. The number of aromatic nitrogens is 1. The van der Waals surface area contributed by atoms with E-state index < -0.39 is 0 Å². The van der Waals surface area contributed by atoms with Crippen molar-refractivity contribution in [1.29, 1.82) is 0 Å². The number of pyridine rings is 1. The molecule has 5 heteroatoms. The van der Waals surface area contributed by atoms with Gasteiger partial charge in [-0.15, -0.1) is 0 Å².